The first-order valence-electron chi connectivity index (χ1n) is 11.3. The molecule has 2 aromatic carbocycles. The Morgan fingerprint density at radius 1 is 0.839 bits per heavy atom. The molecule has 1 fully saturated rings. The highest BCUT2D eigenvalue weighted by atomic mass is 15.3. The van der Waals surface area contributed by atoms with E-state index in [1.54, 1.807) is 0 Å². The topological polar surface area (TPSA) is 24.3 Å². The van der Waals surface area contributed by atoms with E-state index in [1.807, 2.05) is 0 Å². The summed E-state index contributed by atoms with van der Waals surface area (Å²) >= 11 is 0. The molecule has 0 radical (unpaired) electrons. The summed E-state index contributed by atoms with van der Waals surface area (Å²) in [7, 11) is 0. The average molecular weight is 413 g/mol. The Morgan fingerprint density at radius 3 is 2.19 bits per heavy atom. The van der Waals surface area contributed by atoms with Gasteiger partial charge in [0.1, 0.15) is 0 Å². The van der Waals surface area contributed by atoms with Crippen LogP contribution in [0, 0.1) is 6.92 Å². The Hall–Kier alpha value is -3.01. The number of nitrogens with zero attached hydrogens (tertiary/aromatic N) is 4. The summed E-state index contributed by atoms with van der Waals surface area (Å²) in [5.41, 5.74) is 9.25. The predicted molar refractivity (Wildman–Crippen MR) is 129 cm³/mol. The van der Waals surface area contributed by atoms with Crippen molar-refractivity contribution in [3.8, 4) is 11.1 Å². The average Bonchev–Trinajstić information content (AvgIpc) is 3.31. The molecule has 5 rings (SSSR count). The fourth-order valence-corrected chi connectivity index (χ4v) is 4.75. The summed E-state index contributed by atoms with van der Waals surface area (Å²) in [5.74, 6) is 0. The van der Waals surface area contributed by atoms with Crippen LogP contribution in [0.15, 0.2) is 60.3 Å². The molecule has 2 aliphatic rings. The molecule has 0 unspecified atom stereocenters. The predicted octanol–water partition coefficient (Wildman–Crippen LogP) is 5.33. The molecule has 2 aliphatic heterocycles. The van der Waals surface area contributed by atoms with Gasteiger partial charge in [0.05, 0.1) is 17.9 Å². The second-order valence-corrected chi connectivity index (χ2v) is 9.82. The molecule has 0 spiro atoms. The highest BCUT2D eigenvalue weighted by Crippen LogP contribution is 2.33. The molecule has 0 saturated carbocycles. The van der Waals surface area contributed by atoms with Crippen LogP contribution in [0.2, 0.25) is 0 Å². The van der Waals surface area contributed by atoms with E-state index in [2.05, 4.69) is 108 Å². The Bertz CT molecular complexity index is 1110. The van der Waals surface area contributed by atoms with Gasteiger partial charge < -0.3 is 9.80 Å². The first-order chi connectivity index (χ1) is 14.9. The molecule has 3 heterocycles. The third kappa shape index (κ3) is 3.87. The fourth-order valence-electron chi connectivity index (χ4n) is 4.75. The summed E-state index contributed by atoms with van der Waals surface area (Å²) in [6, 6.07) is 20.1. The van der Waals surface area contributed by atoms with Crippen molar-refractivity contribution in [2.45, 2.75) is 39.7 Å². The highest BCUT2D eigenvalue weighted by Gasteiger charge is 2.24. The number of rotatable bonds is 3. The Balaban J connectivity index is 1.31. The van der Waals surface area contributed by atoms with Crippen molar-refractivity contribution in [3.63, 3.8) is 0 Å². The van der Waals surface area contributed by atoms with E-state index in [-0.39, 0.29) is 5.41 Å². The second-order valence-electron chi connectivity index (χ2n) is 9.82. The van der Waals surface area contributed by atoms with E-state index in [1.165, 1.54) is 33.8 Å². The van der Waals surface area contributed by atoms with Crippen molar-refractivity contribution in [1.29, 1.82) is 0 Å². The molecular weight excluding hydrogens is 380 g/mol. The second kappa shape index (κ2) is 7.60. The number of benzene rings is 2. The van der Waals surface area contributed by atoms with Crippen molar-refractivity contribution >= 4 is 11.8 Å². The molecular formula is C27H32N4. The largest absolute Gasteiger partial charge is 0.370 e. The van der Waals surface area contributed by atoms with E-state index in [9.17, 15) is 0 Å². The standard InChI is InChI=1S/C27H32N4/c1-20-17-23-18-24(19-31(23)28-20)29-13-15-30(16-14-29)26-8-6-5-7-25(26)21-9-11-22(12-10-21)27(2,3)4/h5-12,17-18H,13-16,19H2,1-4H3. The molecule has 0 aliphatic carbocycles. The molecule has 0 N–H and O–H groups in total. The molecule has 4 nitrogen and oxygen atoms in total. The summed E-state index contributed by atoms with van der Waals surface area (Å²) < 4.78 is 2.12. The number of allylic oxidation sites excluding steroid dienone is 1. The van der Waals surface area contributed by atoms with Crippen LogP contribution >= 0.6 is 0 Å². The minimum absolute atomic E-state index is 0.179. The van der Waals surface area contributed by atoms with Gasteiger partial charge in [-0.15, -0.1) is 0 Å². The molecule has 0 bridgehead atoms. The maximum absolute atomic E-state index is 4.59. The Kier molecular flexibility index (Phi) is 4.88. The number of fused-ring (bicyclic) bond motifs is 1. The van der Waals surface area contributed by atoms with Gasteiger partial charge in [-0.05, 0) is 41.7 Å². The SMILES string of the molecule is Cc1cc2n(n1)CC(N1CCN(c3ccccc3-c3ccc(C(C)(C)C)cc3)CC1)=C2. The highest BCUT2D eigenvalue weighted by molar-refractivity contribution is 5.79. The van der Waals surface area contributed by atoms with Gasteiger partial charge in [-0.3, -0.25) is 4.68 Å². The third-order valence-electron chi connectivity index (χ3n) is 6.55. The van der Waals surface area contributed by atoms with Gasteiger partial charge in [-0.1, -0.05) is 63.2 Å². The van der Waals surface area contributed by atoms with Crippen molar-refractivity contribution < 1.29 is 0 Å². The van der Waals surface area contributed by atoms with Crippen molar-refractivity contribution in [1.82, 2.24) is 14.7 Å². The summed E-state index contributed by atoms with van der Waals surface area (Å²) in [4.78, 5) is 5.07. The molecule has 3 aromatic rings. The lowest BCUT2D eigenvalue weighted by Gasteiger charge is -2.38. The van der Waals surface area contributed by atoms with Gasteiger partial charge in [-0.2, -0.15) is 5.10 Å². The number of anilines is 1. The maximum atomic E-state index is 4.59. The smallest absolute Gasteiger partial charge is 0.0815 e. The van der Waals surface area contributed by atoms with E-state index in [0.29, 0.717) is 0 Å². The van der Waals surface area contributed by atoms with Crippen LogP contribution in [-0.4, -0.2) is 40.9 Å². The molecule has 31 heavy (non-hydrogen) atoms. The maximum Gasteiger partial charge on any atom is 0.0815 e. The number of para-hydroxylation sites is 1. The molecule has 4 heteroatoms. The molecule has 160 valence electrons. The number of piperazine rings is 1. The van der Waals surface area contributed by atoms with Crippen molar-refractivity contribution in [3.05, 3.63) is 77.2 Å². The molecule has 0 atom stereocenters. The Labute approximate surface area is 185 Å². The third-order valence-corrected chi connectivity index (χ3v) is 6.55. The number of aryl methyl sites for hydroxylation is 1. The molecule has 0 amide bonds. The number of hydrogen-bond donors (Lipinski definition) is 0. The van der Waals surface area contributed by atoms with E-state index in [4.69, 9.17) is 0 Å². The van der Waals surface area contributed by atoms with Crippen molar-refractivity contribution in [2.75, 3.05) is 31.1 Å². The Morgan fingerprint density at radius 2 is 1.52 bits per heavy atom. The van der Waals surface area contributed by atoms with Crippen LogP contribution in [0.25, 0.3) is 17.2 Å². The van der Waals surface area contributed by atoms with Crippen LogP contribution in [0.5, 0.6) is 0 Å². The van der Waals surface area contributed by atoms with Crippen LogP contribution < -0.4 is 4.90 Å². The molecule has 1 saturated heterocycles. The molecule has 1 aromatic heterocycles. The van der Waals surface area contributed by atoms with Gasteiger partial charge in [0.2, 0.25) is 0 Å². The number of aromatic nitrogens is 2. The first-order valence-corrected chi connectivity index (χ1v) is 11.3. The van der Waals surface area contributed by atoms with Gasteiger partial charge in [0.15, 0.2) is 0 Å². The summed E-state index contributed by atoms with van der Waals surface area (Å²) in [6.07, 6.45) is 2.31. The van der Waals surface area contributed by atoms with E-state index >= 15 is 0 Å². The van der Waals surface area contributed by atoms with E-state index < -0.39 is 0 Å². The van der Waals surface area contributed by atoms with Crippen molar-refractivity contribution in [2.24, 2.45) is 0 Å². The summed E-state index contributed by atoms with van der Waals surface area (Å²) in [6.45, 7) is 13.9. The van der Waals surface area contributed by atoms with Gasteiger partial charge >= 0.3 is 0 Å². The van der Waals surface area contributed by atoms with Crippen LogP contribution in [0.4, 0.5) is 5.69 Å². The summed E-state index contributed by atoms with van der Waals surface area (Å²) in [5, 5.41) is 4.59. The fraction of sp³-hybridized carbons (Fsp3) is 0.370. The van der Waals surface area contributed by atoms with Gasteiger partial charge in [0, 0.05) is 43.1 Å². The quantitative estimate of drug-likeness (QED) is 0.581. The van der Waals surface area contributed by atoms with E-state index in [0.717, 1.165) is 38.4 Å². The normalized spacial score (nSPS) is 16.5. The lowest BCUT2D eigenvalue weighted by Crippen LogP contribution is -2.46. The lowest BCUT2D eigenvalue weighted by atomic mass is 9.86. The zero-order chi connectivity index (χ0) is 21.6. The lowest BCUT2D eigenvalue weighted by molar-refractivity contribution is 0.309. The van der Waals surface area contributed by atoms with Gasteiger partial charge in [0.25, 0.3) is 0 Å². The zero-order valence-corrected chi connectivity index (χ0v) is 19.1. The monoisotopic (exact) mass is 412 g/mol. The number of hydrogen-bond acceptors (Lipinski definition) is 3. The first kappa shape index (κ1) is 19.9. The van der Waals surface area contributed by atoms with Crippen LogP contribution in [0.1, 0.15) is 37.7 Å². The van der Waals surface area contributed by atoms with Crippen LogP contribution in [0.3, 0.4) is 0 Å². The minimum Gasteiger partial charge on any atom is -0.370 e. The zero-order valence-electron chi connectivity index (χ0n) is 19.1. The van der Waals surface area contributed by atoms with Crippen LogP contribution in [-0.2, 0) is 12.0 Å². The van der Waals surface area contributed by atoms with Gasteiger partial charge in [-0.25, -0.2) is 0 Å². The minimum atomic E-state index is 0.179.